The van der Waals surface area contributed by atoms with E-state index < -0.39 is 15.3 Å². The van der Waals surface area contributed by atoms with Crippen LogP contribution >= 0.6 is 0 Å². The smallest absolute Gasteiger partial charge is 0.215 e. The van der Waals surface area contributed by atoms with Crippen LogP contribution in [0, 0.1) is 0 Å². The predicted molar refractivity (Wildman–Crippen MR) is 69.9 cm³/mol. The van der Waals surface area contributed by atoms with Gasteiger partial charge in [0.25, 0.3) is 0 Å². The average molecular weight is 273 g/mol. The van der Waals surface area contributed by atoms with E-state index in [1.54, 1.807) is 32.3 Å². The zero-order valence-electron chi connectivity index (χ0n) is 10.8. The molecular formula is C11H19N3O3S. The quantitative estimate of drug-likeness (QED) is 0.737. The van der Waals surface area contributed by atoms with Crippen LogP contribution in [-0.2, 0) is 16.6 Å². The van der Waals surface area contributed by atoms with Crippen molar-refractivity contribution in [1.29, 1.82) is 0 Å². The van der Waals surface area contributed by atoms with Gasteiger partial charge in [-0.2, -0.15) is 0 Å². The topological polar surface area (TPSA) is 80.3 Å². The van der Waals surface area contributed by atoms with Crippen LogP contribution in [0.2, 0.25) is 0 Å². The normalized spacial score (nSPS) is 13.3. The average Bonchev–Trinajstić information content (AvgIpc) is 2.37. The van der Waals surface area contributed by atoms with E-state index in [2.05, 4.69) is 15.0 Å². The highest BCUT2D eigenvalue weighted by molar-refractivity contribution is 7.90. The lowest BCUT2D eigenvalue weighted by molar-refractivity contribution is 0.397. The number of nitrogens with one attached hydrogen (secondary N) is 2. The molecule has 2 N–H and O–H groups in total. The van der Waals surface area contributed by atoms with Crippen LogP contribution in [0.4, 0.5) is 0 Å². The first-order valence-electron chi connectivity index (χ1n) is 5.61. The molecule has 6 nitrogen and oxygen atoms in total. The minimum atomic E-state index is -3.31. The van der Waals surface area contributed by atoms with Gasteiger partial charge in [0.2, 0.25) is 15.9 Å². The lowest BCUT2D eigenvalue weighted by Crippen LogP contribution is -2.37. The Bertz CT molecular complexity index is 476. The Morgan fingerprint density at radius 1 is 1.50 bits per heavy atom. The fraction of sp³-hybridized carbons (Fsp3) is 0.545. The van der Waals surface area contributed by atoms with Crippen LogP contribution in [-0.4, -0.2) is 39.4 Å². The minimum absolute atomic E-state index is 0.231. The summed E-state index contributed by atoms with van der Waals surface area (Å²) in [7, 11) is -0.0728. The van der Waals surface area contributed by atoms with Crippen molar-refractivity contribution in [3.05, 3.63) is 23.9 Å². The summed E-state index contributed by atoms with van der Waals surface area (Å²) < 4.78 is 31.2. The van der Waals surface area contributed by atoms with Crippen molar-refractivity contribution in [3.63, 3.8) is 0 Å². The molecule has 1 atom stereocenters. The van der Waals surface area contributed by atoms with E-state index >= 15 is 0 Å². The molecule has 0 amide bonds. The zero-order chi connectivity index (χ0) is 13.6. The summed E-state index contributed by atoms with van der Waals surface area (Å²) in [5, 5.41) is 2.36. The molecule has 1 heterocycles. The van der Waals surface area contributed by atoms with Crippen LogP contribution in [0.3, 0.4) is 0 Å². The largest absolute Gasteiger partial charge is 0.481 e. The molecule has 0 radical (unpaired) electrons. The first kappa shape index (κ1) is 14.9. The van der Waals surface area contributed by atoms with Crippen LogP contribution in [0.25, 0.3) is 0 Å². The fourth-order valence-corrected chi connectivity index (χ4v) is 2.43. The maximum Gasteiger partial charge on any atom is 0.215 e. The molecule has 1 unspecified atom stereocenters. The Kier molecular flexibility index (Phi) is 5.52. The van der Waals surface area contributed by atoms with Crippen molar-refractivity contribution in [3.8, 4) is 5.88 Å². The van der Waals surface area contributed by atoms with E-state index in [0.29, 0.717) is 12.4 Å². The van der Waals surface area contributed by atoms with Crippen molar-refractivity contribution in [2.45, 2.75) is 18.7 Å². The van der Waals surface area contributed by atoms with Crippen LogP contribution in [0.15, 0.2) is 18.3 Å². The Balaban J connectivity index is 2.64. The number of ether oxygens (including phenoxy) is 1. The highest BCUT2D eigenvalue weighted by atomic mass is 32.2. The lowest BCUT2D eigenvalue weighted by Gasteiger charge is -2.13. The summed E-state index contributed by atoms with van der Waals surface area (Å²) in [5.74, 6) is 0.468. The first-order valence-corrected chi connectivity index (χ1v) is 7.16. The van der Waals surface area contributed by atoms with Gasteiger partial charge in [0.1, 0.15) is 0 Å². The van der Waals surface area contributed by atoms with Gasteiger partial charge >= 0.3 is 0 Å². The summed E-state index contributed by atoms with van der Waals surface area (Å²) in [6, 6.07) is 3.44. The van der Waals surface area contributed by atoms with Crippen molar-refractivity contribution in [2.24, 2.45) is 0 Å². The van der Waals surface area contributed by atoms with E-state index in [1.165, 1.54) is 7.11 Å². The molecule has 1 aromatic heterocycles. The van der Waals surface area contributed by atoms with Crippen LogP contribution in [0.5, 0.6) is 5.88 Å². The number of hydrogen-bond acceptors (Lipinski definition) is 5. The van der Waals surface area contributed by atoms with E-state index in [-0.39, 0.29) is 6.54 Å². The number of methoxy groups -OCH3 is 1. The second-order valence-electron chi connectivity index (χ2n) is 3.94. The number of sulfonamides is 1. The summed E-state index contributed by atoms with van der Waals surface area (Å²) >= 11 is 0. The molecular weight excluding hydrogens is 254 g/mol. The standard InChI is InChI=1S/C11H19N3O3S/c1-9(7-12-2)18(15,16)14-8-10-4-5-13-11(6-10)17-3/h4-6,9,12,14H,7-8H2,1-3H3. The number of pyridine rings is 1. The Morgan fingerprint density at radius 3 is 2.83 bits per heavy atom. The highest BCUT2D eigenvalue weighted by Gasteiger charge is 2.19. The monoisotopic (exact) mass is 273 g/mol. The molecule has 1 rings (SSSR count). The van der Waals surface area contributed by atoms with Gasteiger partial charge < -0.3 is 10.1 Å². The van der Waals surface area contributed by atoms with Gasteiger partial charge in [-0.05, 0) is 25.6 Å². The van der Waals surface area contributed by atoms with E-state index in [0.717, 1.165) is 5.56 Å². The molecule has 0 aliphatic rings. The molecule has 0 spiro atoms. The number of aromatic nitrogens is 1. The fourth-order valence-electron chi connectivity index (χ4n) is 1.40. The SMILES string of the molecule is CNCC(C)S(=O)(=O)NCc1ccnc(OC)c1. The van der Waals surface area contributed by atoms with Crippen molar-refractivity contribution in [1.82, 2.24) is 15.0 Å². The molecule has 0 aromatic carbocycles. The molecule has 1 aromatic rings. The van der Waals surface area contributed by atoms with Gasteiger partial charge in [0.05, 0.1) is 12.4 Å². The minimum Gasteiger partial charge on any atom is -0.481 e. The summed E-state index contributed by atoms with van der Waals surface area (Å²) in [6.45, 7) is 2.30. The van der Waals surface area contributed by atoms with Gasteiger partial charge in [-0.15, -0.1) is 0 Å². The zero-order valence-corrected chi connectivity index (χ0v) is 11.6. The number of nitrogens with zero attached hydrogens (tertiary/aromatic N) is 1. The predicted octanol–water partition coefficient (Wildman–Crippen LogP) is 0.118. The number of hydrogen-bond donors (Lipinski definition) is 2. The van der Waals surface area contributed by atoms with Gasteiger partial charge in [0.15, 0.2) is 0 Å². The second kappa shape index (κ2) is 6.67. The molecule has 0 saturated heterocycles. The lowest BCUT2D eigenvalue weighted by atomic mass is 10.3. The van der Waals surface area contributed by atoms with Gasteiger partial charge in [-0.25, -0.2) is 18.1 Å². The first-order chi connectivity index (χ1) is 8.49. The van der Waals surface area contributed by atoms with Crippen molar-refractivity contribution < 1.29 is 13.2 Å². The maximum atomic E-state index is 11.9. The van der Waals surface area contributed by atoms with Crippen LogP contribution < -0.4 is 14.8 Å². The summed E-state index contributed by atoms with van der Waals surface area (Å²) in [5.41, 5.74) is 0.807. The molecule has 0 aliphatic heterocycles. The highest BCUT2D eigenvalue weighted by Crippen LogP contribution is 2.09. The molecule has 7 heteroatoms. The molecule has 0 aliphatic carbocycles. The Hall–Kier alpha value is -1.18. The van der Waals surface area contributed by atoms with E-state index in [9.17, 15) is 8.42 Å². The van der Waals surface area contributed by atoms with Gasteiger partial charge in [-0.3, -0.25) is 0 Å². The summed E-state index contributed by atoms with van der Waals surface area (Å²) in [6.07, 6.45) is 1.58. The third-order valence-electron chi connectivity index (χ3n) is 2.51. The van der Waals surface area contributed by atoms with E-state index in [1.807, 2.05) is 0 Å². The Labute approximate surface area is 108 Å². The summed E-state index contributed by atoms with van der Waals surface area (Å²) in [4.78, 5) is 3.96. The molecule has 102 valence electrons. The molecule has 0 bridgehead atoms. The Morgan fingerprint density at radius 2 is 2.22 bits per heavy atom. The molecule has 0 fully saturated rings. The third kappa shape index (κ3) is 4.25. The number of rotatable bonds is 7. The second-order valence-corrected chi connectivity index (χ2v) is 6.12. The molecule has 18 heavy (non-hydrogen) atoms. The maximum absolute atomic E-state index is 11.9. The molecule has 0 saturated carbocycles. The third-order valence-corrected chi connectivity index (χ3v) is 4.28. The van der Waals surface area contributed by atoms with Crippen molar-refractivity contribution in [2.75, 3.05) is 20.7 Å². The van der Waals surface area contributed by atoms with Gasteiger partial charge in [-0.1, -0.05) is 0 Å². The van der Waals surface area contributed by atoms with Crippen LogP contribution in [0.1, 0.15) is 12.5 Å². The van der Waals surface area contributed by atoms with E-state index in [4.69, 9.17) is 4.74 Å². The van der Waals surface area contributed by atoms with Gasteiger partial charge in [0, 0.05) is 25.4 Å². The van der Waals surface area contributed by atoms with Crippen molar-refractivity contribution >= 4 is 10.0 Å².